The van der Waals surface area contributed by atoms with Crippen molar-refractivity contribution in [2.24, 2.45) is 11.5 Å². The van der Waals surface area contributed by atoms with Crippen molar-refractivity contribution in [3.05, 3.63) is 41.8 Å². The van der Waals surface area contributed by atoms with E-state index in [4.69, 9.17) is 15.9 Å². The van der Waals surface area contributed by atoms with E-state index in [9.17, 15) is 22.8 Å². The summed E-state index contributed by atoms with van der Waals surface area (Å²) in [6.07, 6.45) is -4.23. The van der Waals surface area contributed by atoms with E-state index >= 15 is 0 Å². The Hall–Kier alpha value is -3.04. The van der Waals surface area contributed by atoms with Gasteiger partial charge < -0.3 is 15.9 Å². The number of nitrogens with zero attached hydrogens (tertiary/aromatic N) is 2. The monoisotopic (exact) mass is 370 g/mol. The smallest absolute Gasteiger partial charge is 0.431 e. The zero-order chi connectivity index (χ0) is 19.6. The Bertz CT molecular complexity index is 802. The molecule has 140 valence electrons. The van der Waals surface area contributed by atoms with Gasteiger partial charge in [0, 0.05) is 5.69 Å². The summed E-state index contributed by atoms with van der Waals surface area (Å²) < 4.78 is 43.2. The fourth-order valence-corrected chi connectivity index (χ4v) is 2.22. The number of carbonyl (C=O) groups excluding carboxylic acids is 2. The first kappa shape index (κ1) is 19.3. The summed E-state index contributed by atoms with van der Waals surface area (Å²) in [6, 6.07) is 4.68. The molecule has 1 aromatic heterocycles. The summed E-state index contributed by atoms with van der Waals surface area (Å²) in [4.78, 5) is 27.4. The number of rotatable bonds is 6. The highest BCUT2D eigenvalue weighted by atomic mass is 19.4. The largest absolute Gasteiger partial charge is 0.436 e. The predicted octanol–water partition coefficient (Wildman–Crippen LogP) is 2.29. The minimum Gasteiger partial charge on any atom is -0.431 e. The highest BCUT2D eigenvalue weighted by Crippen LogP contribution is 2.34. The predicted molar refractivity (Wildman–Crippen MR) is 86.4 cm³/mol. The summed E-state index contributed by atoms with van der Waals surface area (Å²) in [6.45, 7) is 3.02. The maximum atomic E-state index is 12.8. The van der Waals surface area contributed by atoms with Gasteiger partial charge in [-0.05, 0) is 31.5 Å². The molecule has 7 nitrogen and oxygen atoms in total. The van der Waals surface area contributed by atoms with Crippen molar-refractivity contribution in [2.45, 2.75) is 32.0 Å². The van der Waals surface area contributed by atoms with Gasteiger partial charge in [0.25, 0.3) is 0 Å². The first-order chi connectivity index (χ1) is 12.0. The summed E-state index contributed by atoms with van der Waals surface area (Å²) in [5, 5.41) is 0. The van der Waals surface area contributed by atoms with Crippen LogP contribution in [0.2, 0.25) is 0 Å². The van der Waals surface area contributed by atoms with Gasteiger partial charge in [-0.2, -0.15) is 18.2 Å². The molecule has 1 heterocycles. The Labute approximate surface area is 146 Å². The molecule has 0 spiro atoms. The van der Waals surface area contributed by atoms with Crippen molar-refractivity contribution in [3.63, 3.8) is 0 Å². The van der Waals surface area contributed by atoms with E-state index in [2.05, 4.69) is 4.98 Å². The van der Waals surface area contributed by atoms with Gasteiger partial charge in [-0.25, -0.2) is 0 Å². The number of aromatic nitrogens is 1. The van der Waals surface area contributed by atoms with Crippen molar-refractivity contribution < 1.29 is 27.2 Å². The molecule has 2 atom stereocenters. The van der Waals surface area contributed by atoms with Crippen molar-refractivity contribution in [2.75, 3.05) is 4.90 Å². The van der Waals surface area contributed by atoms with E-state index in [-0.39, 0.29) is 0 Å². The van der Waals surface area contributed by atoms with Gasteiger partial charge >= 0.3 is 12.2 Å². The van der Waals surface area contributed by atoms with Crippen LogP contribution in [0.15, 0.2) is 34.9 Å². The van der Waals surface area contributed by atoms with Crippen molar-refractivity contribution in [1.82, 2.24) is 4.98 Å². The number of oxazole rings is 1. The van der Waals surface area contributed by atoms with Gasteiger partial charge in [-0.3, -0.25) is 14.5 Å². The third kappa shape index (κ3) is 3.95. The maximum absolute atomic E-state index is 12.8. The van der Waals surface area contributed by atoms with Gasteiger partial charge in [-0.15, -0.1) is 0 Å². The molecular weight excluding hydrogens is 353 g/mol. The number of hydrogen-bond donors (Lipinski definition) is 2. The number of carbonyl (C=O) groups is 2. The van der Waals surface area contributed by atoms with Crippen LogP contribution in [-0.2, 0) is 15.8 Å². The number of hydrogen-bond acceptors (Lipinski definition) is 5. The zero-order valence-electron chi connectivity index (χ0n) is 13.9. The third-order valence-electron chi connectivity index (χ3n) is 3.89. The standard InChI is InChI=1S/C16H17F3N4O3/c1-8(13(20)24)10-3-5-11(6-4-10)23(9(2)14(21)25)15-22-12(7-26-15)16(17,18)19/h3-9H,1-2H3,(H2,20,24)(H2,21,25)/t8-,9-/m0/s1. The van der Waals surface area contributed by atoms with Gasteiger partial charge in [0.2, 0.25) is 11.8 Å². The summed E-state index contributed by atoms with van der Waals surface area (Å²) in [7, 11) is 0. The fraction of sp³-hybridized carbons (Fsp3) is 0.312. The second-order valence-electron chi connectivity index (χ2n) is 5.68. The number of halogens is 3. The van der Waals surface area contributed by atoms with Gasteiger partial charge in [0.15, 0.2) is 5.69 Å². The van der Waals surface area contributed by atoms with Crippen molar-refractivity contribution >= 4 is 23.5 Å². The van der Waals surface area contributed by atoms with Gasteiger partial charge in [0.05, 0.1) is 5.92 Å². The first-order valence-electron chi connectivity index (χ1n) is 7.53. The molecule has 2 amide bonds. The van der Waals surface area contributed by atoms with Crippen LogP contribution in [0, 0.1) is 0 Å². The number of anilines is 2. The lowest BCUT2D eigenvalue weighted by Gasteiger charge is -2.25. The van der Waals surface area contributed by atoms with Crippen molar-refractivity contribution in [3.8, 4) is 0 Å². The molecule has 0 bridgehead atoms. The molecule has 0 aliphatic carbocycles. The molecule has 0 aliphatic rings. The number of primary amides is 2. The van der Waals surface area contributed by atoms with E-state index in [1.165, 1.54) is 19.1 Å². The Balaban J connectivity index is 2.44. The highest BCUT2D eigenvalue weighted by Gasteiger charge is 2.36. The minimum atomic E-state index is -4.69. The average Bonchev–Trinajstić information content (AvgIpc) is 3.04. The lowest BCUT2D eigenvalue weighted by Crippen LogP contribution is -2.40. The molecule has 4 N–H and O–H groups in total. The molecule has 1 aromatic carbocycles. The normalized spacial score (nSPS) is 13.9. The van der Waals surface area contributed by atoms with Crippen LogP contribution in [0.5, 0.6) is 0 Å². The number of alkyl halides is 3. The van der Waals surface area contributed by atoms with E-state index in [0.29, 0.717) is 17.5 Å². The zero-order valence-corrected chi connectivity index (χ0v) is 13.9. The van der Waals surface area contributed by atoms with Crippen LogP contribution in [0.25, 0.3) is 0 Å². The molecule has 0 unspecified atom stereocenters. The molecule has 10 heteroatoms. The van der Waals surface area contributed by atoms with E-state index in [1.54, 1.807) is 19.1 Å². The molecule has 0 saturated carbocycles. The van der Waals surface area contributed by atoms with E-state index < -0.39 is 41.7 Å². The van der Waals surface area contributed by atoms with E-state index in [1.807, 2.05) is 0 Å². The summed E-state index contributed by atoms with van der Waals surface area (Å²) in [5.41, 5.74) is 10.2. The minimum absolute atomic E-state index is 0.312. The molecule has 26 heavy (non-hydrogen) atoms. The van der Waals surface area contributed by atoms with Crippen molar-refractivity contribution in [1.29, 1.82) is 0 Å². The van der Waals surface area contributed by atoms with Crippen LogP contribution in [0.3, 0.4) is 0 Å². The topological polar surface area (TPSA) is 115 Å². The number of nitrogens with two attached hydrogens (primary N) is 2. The molecule has 0 radical (unpaired) electrons. The van der Waals surface area contributed by atoms with Crippen LogP contribution in [-0.4, -0.2) is 22.8 Å². The maximum Gasteiger partial charge on any atom is 0.436 e. The molecule has 0 saturated heterocycles. The SMILES string of the molecule is C[C@H](C(N)=O)c1ccc(N(c2nc(C(F)(F)F)co2)[C@@H](C)C(N)=O)cc1. The molecule has 2 aromatic rings. The molecule has 0 fully saturated rings. The highest BCUT2D eigenvalue weighted by molar-refractivity contribution is 5.85. The van der Waals surface area contributed by atoms with Crippen LogP contribution in [0.1, 0.15) is 31.0 Å². The lowest BCUT2D eigenvalue weighted by molar-refractivity contribution is -0.141. The first-order valence-corrected chi connectivity index (χ1v) is 7.53. The Kier molecular flexibility index (Phi) is 5.24. The molecule has 0 aliphatic heterocycles. The summed E-state index contributed by atoms with van der Waals surface area (Å²) in [5.74, 6) is -1.86. The van der Waals surface area contributed by atoms with Crippen LogP contribution in [0.4, 0.5) is 24.9 Å². The van der Waals surface area contributed by atoms with Gasteiger partial charge in [-0.1, -0.05) is 12.1 Å². The van der Waals surface area contributed by atoms with Gasteiger partial charge in [0.1, 0.15) is 12.3 Å². The lowest BCUT2D eigenvalue weighted by atomic mass is 10.0. The molecular formula is C16H17F3N4O3. The van der Waals surface area contributed by atoms with E-state index in [0.717, 1.165) is 4.90 Å². The average molecular weight is 370 g/mol. The van der Waals surface area contributed by atoms with Crippen LogP contribution < -0.4 is 16.4 Å². The van der Waals surface area contributed by atoms with Crippen LogP contribution >= 0.6 is 0 Å². The Morgan fingerprint density at radius 2 is 1.69 bits per heavy atom. The third-order valence-corrected chi connectivity index (χ3v) is 3.89. The molecule has 2 rings (SSSR count). The number of amides is 2. The Morgan fingerprint density at radius 3 is 2.12 bits per heavy atom. The second kappa shape index (κ2) is 7.06. The Morgan fingerprint density at radius 1 is 1.12 bits per heavy atom. The second-order valence-corrected chi connectivity index (χ2v) is 5.68. The fourth-order valence-electron chi connectivity index (χ4n) is 2.22. The quantitative estimate of drug-likeness (QED) is 0.809. The summed E-state index contributed by atoms with van der Waals surface area (Å²) >= 11 is 0. The number of benzene rings is 1.